The highest BCUT2D eigenvalue weighted by Gasteiger charge is 2.36. The number of aromatic hydroxyl groups is 1. The van der Waals surface area contributed by atoms with E-state index in [1.54, 1.807) is 26.4 Å². The van der Waals surface area contributed by atoms with Gasteiger partial charge in [0.05, 0.1) is 87.8 Å². The number of hydrogen-bond donors (Lipinski definition) is 4. The number of nitrogens with one attached hydrogen (secondary N) is 2. The van der Waals surface area contributed by atoms with Crippen molar-refractivity contribution in [1.29, 1.82) is 0 Å². The fourth-order valence-corrected chi connectivity index (χ4v) is 22.8. The van der Waals surface area contributed by atoms with Crippen LogP contribution in [0, 0.1) is 50.7 Å². The van der Waals surface area contributed by atoms with Gasteiger partial charge in [0, 0.05) is 76.4 Å². The number of aliphatic hydroxyl groups is 1. The third-order valence-electron chi connectivity index (χ3n) is 28.0. The molecule has 0 saturated heterocycles. The number of carbonyl (C=O) groups is 3. The van der Waals surface area contributed by atoms with Crippen molar-refractivity contribution in [3.8, 4) is 17.2 Å². The van der Waals surface area contributed by atoms with Gasteiger partial charge in [-0.1, -0.05) is 195 Å². The molecular weight excluding hydrogens is 1720 g/mol. The normalized spacial score (nSPS) is 19.8. The van der Waals surface area contributed by atoms with Crippen molar-refractivity contribution < 1.29 is 46.7 Å². The molecular formula is C117H151N9O10S. The van der Waals surface area contributed by atoms with E-state index in [4.69, 9.17) is 29.0 Å². The molecule has 4 N–H and O–H groups in total. The van der Waals surface area contributed by atoms with E-state index >= 15 is 0 Å². The fraction of sp³-hybridized carbons (Fsp3) is 0.487. The number of aliphatic hydroxyl groups excluding tert-OH is 1. The molecule has 3 aliphatic heterocycles. The SMILES string of the molecule is CC(C)(C)CC1CCC(O)CC1.CC(C)(C)CC1CCC(OS(C)(=O)=O)CC1.CC(C)(C)CC1CCC(n2cc(Cc3ccc4c5c(cccc35)C(=O)N4)cn2)CC1.CC(C)(C)Cc1ccc(O)cc1.COc1ccc(CN2C(=O)c3cccc4c(Cc5cn[nH]c5)ccc2c34)cc1.COc1ccc(CN2C(=O)c3cccc4c(Cc5cnn(C6CCC(CC(C)(C)C)CC6)c5)ccc2c34)cc1. The van der Waals surface area contributed by atoms with E-state index in [2.05, 4.69) is 190 Å². The van der Waals surface area contributed by atoms with Crippen LogP contribution in [0.5, 0.6) is 17.2 Å². The van der Waals surface area contributed by atoms with Crippen molar-refractivity contribution in [3.05, 3.63) is 268 Å². The molecule has 0 spiro atoms. The summed E-state index contributed by atoms with van der Waals surface area (Å²) in [6.07, 6.45) is 40.6. The molecule has 19 nitrogen and oxygen atoms in total. The Hall–Kier alpha value is -10.9. The van der Waals surface area contributed by atoms with Crippen LogP contribution in [0.25, 0.3) is 32.3 Å². The zero-order valence-corrected chi connectivity index (χ0v) is 85.6. The lowest BCUT2D eigenvalue weighted by atomic mass is 9.76. The summed E-state index contributed by atoms with van der Waals surface area (Å²) in [6, 6.07) is 55.0. The summed E-state index contributed by atoms with van der Waals surface area (Å²) in [5.41, 5.74) is 17.9. The Morgan fingerprint density at radius 2 is 0.788 bits per heavy atom. The van der Waals surface area contributed by atoms with Gasteiger partial charge in [0.2, 0.25) is 0 Å². The summed E-state index contributed by atoms with van der Waals surface area (Å²) in [4.78, 5) is 42.5. The van der Waals surface area contributed by atoms with Gasteiger partial charge in [0.1, 0.15) is 17.2 Å². The molecule has 6 heterocycles. The number of hydrogen-bond acceptors (Lipinski definition) is 13. The van der Waals surface area contributed by atoms with E-state index in [-0.39, 0.29) is 29.9 Å². The Morgan fingerprint density at radius 3 is 1.18 bits per heavy atom. The maximum atomic E-state index is 13.4. The molecule has 4 aliphatic carbocycles. The molecule has 3 amide bonds. The first-order valence-electron chi connectivity index (χ1n) is 50.2. The van der Waals surface area contributed by atoms with Crippen LogP contribution >= 0.6 is 0 Å². The highest BCUT2D eigenvalue weighted by Crippen LogP contribution is 2.47. The summed E-state index contributed by atoms with van der Waals surface area (Å²) in [5.74, 6) is 5.40. The fourth-order valence-electron chi connectivity index (χ4n) is 22.1. The second-order valence-electron chi connectivity index (χ2n) is 46.1. The smallest absolute Gasteiger partial charge is 0.264 e. The Kier molecular flexibility index (Phi) is 32.8. The molecule has 12 aromatic rings. The molecule has 19 rings (SSSR count). The average Bonchev–Trinajstić information content (AvgIpc) is 1.59. The highest BCUT2D eigenvalue weighted by molar-refractivity contribution is 7.86. The minimum Gasteiger partial charge on any atom is -0.508 e. The number of phenols is 1. The van der Waals surface area contributed by atoms with Crippen molar-refractivity contribution in [2.75, 3.05) is 35.6 Å². The first kappa shape index (κ1) is 102. The van der Waals surface area contributed by atoms with Crippen LogP contribution < -0.4 is 24.6 Å². The van der Waals surface area contributed by atoms with Gasteiger partial charge in [-0.15, -0.1) is 0 Å². The molecule has 20 heteroatoms. The van der Waals surface area contributed by atoms with E-state index in [9.17, 15) is 27.9 Å². The van der Waals surface area contributed by atoms with Crippen molar-refractivity contribution >= 4 is 77.2 Å². The first-order chi connectivity index (χ1) is 65.0. The van der Waals surface area contributed by atoms with Gasteiger partial charge in [-0.25, -0.2) is 0 Å². The zero-order valence-electron chi connectivity index (χ0n) is 84.8. The molecule has 0 bridgehead atoms. The Morgan fingerprint density at radius 1 is 0.409 bits per heavy atom. The lowest BCUT2D eigenvalue weighted by Crippen LogP contribution is -2.26. The molecule has 730 valence electrons. The second kappa shape index (κ2) is 44.0. The summed E-state index contributed by atoms with van der Waals surface area (Å²) < 4.78 is 41.9. The number of aromatic nitrogens is 6. The molecule has 3 aromatic heterocycles. The number of nitrogens with zero attached hydrogens (tertiary/aromatic N) is 7. The van der Waals surface area contributed by atoms with Crippen molar-refractivity contribution in [2.45, 2.75) is 295 Å². The highest BCUT2D eigenvalue weighted by atomic mass is 32.2. The first-order valence-corrected chi connectivity index (χ1v) is 52.1. The third-order valence-corrected chi connectivity index (χ3v) is 28.6. The molecule has 0 unspecified atom stereocenters. The minimum absolute atomic E-state index is 0.00113. The van der Waals surface area contributed by atoms with Crippen molar-refractivity contribution in [3.63, 3.8) is 0 Å². The summed E-state index contributed by atoms with van der Waals surface area (Å²) in [5, 5.41) is 44.4. The second-order valence-corrected chi connectivity index (χ2v) is 47.7. The number of aromatic amines is 1. The van der Waals surface area contributed by atoms with E-state index < -0.39 is 10.1 Å². The average molecular weight is 1880 g/mol. The predicted molar refractivity (Wildman–Crippen MR) is 557 cm³/mol. The van der Waals surface area contributed by atoms with Gasteiger partial charge in [0.15, 0.2) is 0 Å². The number of anilines is 3. The van der Waals surface area contributed by atoms with Crippen LogP contribution in [-0.2, 0) is 53.1 Å². The molecule has 0 atom stereocenters. The number of carbonyl (C=O) groups excluding carboxylic acids is 3. The largest absolute Gasteiger partial charge is 0.508 e. The van der Waals surface area contributed by atoms with E-state index in [0.717, 1.165) is 183 Å². The lowest BCUT2D eigenvalue weighted by Gasteiger charge is -2.32. The van der Waals surface area contributed by atoms with Gasteiger partial charge < -0.3 is 34.8 Å². The van der Waals surface area contributed by atoms with Gasteiger partial charge in [-0.3, -0.25) is 33.0 Å². The quantitative estimate of drug-likeness (QED) is 0.0491. The Labute approximate surface area is 815 Å². The van der Waals surface area contributed by atoms with Gasteiger partial charge >= 0.3 is 0 Å². The molecule has 7 aliphatic rings. The maximum Gasteiger partial charge on any atom is 0.264 e. The van der Waals surface area contributed by atoms with Crippen LogP contribution in [-0.4, -0.2) is 98.8 Å². The predicted octanol–water partition coefficient (Wildman–Crippen LogP) is 27.6. The standard InChI is InChI=1S/C34H39N3O2.C26H31N3O.C23H19N3O2.C12H24O3S.C11H22O.C11H16O/c1-34(2,3)19-23-8-13-27(14-9-23)37-22-25(20-35-37)18-26-12-17-31-32-29(26)6-5-7-30(32)33(38)36(31)21-24-10-15-28(39-4)16-11-24;1-26(2,3)14-17-7-10-20(11-8-17)29-16-18(15-27-29)13-19-9-12-23-24-21(19)5-4-6-22(24)25(30)28-23;1-28-18-8-5-15(6-9-18)14-26-21-10-7-17(11-16-12-24-25-13-16)19-3-2-4-20(22(19)21)23(26)27;1-12(2,3)9-10-5-7-11(8-6-10)15-16(4,13)14;2*1-11(2,3)8-9-4-6-10(12)7-5-9/h5-7,10-12,15-17,20,22-23,27H,8-9,13-14,18-19,21H2,1-4H3;4-6,9,12,15-17,20H,7-8,10-11,13-14H2,1-3H3,(H,28,30);2-10,12-13H,11,14H2,1H3,(H,24,25);10-11H,5-9H2,1-4H3;9-10,12H,4-8H2,1-3H3;4-7,12H,8H2,1-3H3. The van der Waals surface area contributed by atoms with E-state index in [1.165, 1.54) is 129 Å². The number of amides is 3. The number of benzene rings is 9. The number of rotatable bonds is 21. The summed E-state index contributed by atoms with van der Waals surface area (Å²) in [7, 11) is 0.0386. The molecule has 0 radical (unpaired) electrons. The number of H-pyrrole nitrogens is 1. The third kappa shape index (κ3) is 28.2. The van der Waals surface area contributed by atoms with E-state index in [0.29, 0.717) is 58.0 Å². The molecule has 137 heavy (non-hydrogen) atoms. The molecule has 4 saturated carbocycles. The minimum atomic E-state index is -3.28. The van der Waals surface area contributed by atoms with Crippen molar-refractivity contribution in [2.24, 2.45) is 50.7 Å². The molecule has 4 fully saturated rings. The number of ether oxygens (including phenoxy) is 2. The number of methoxy groups -OCH3 is 2. The van der Waals surface area contributed by atoms with Crippen LogP contribution in [0.15, 0.2) is 201 Å². The van der Waals surface area contributed by atoms with E-state index in [1.807, 2.05) is 138 Å². The summed E-state index contributed by atoms with van der Waals surface area (Å²) >= 11 is 0. The van der Waals surface area contributed by atoms with Gasteiger partial charge in [-0.05, 0) is 325 Å². The van der Waals surface area contributed by atoms with Crippen LogP contribution in [0.2, 0.25) is 0 Å². The van der Waals surface area contributed by atoms with Crippen LogP contribution in [0.3, 0.4) is 0 Å². The molecule has 9 aromatic carbocycles. The Balaban J connectivity index is 0.000000138. The lowest BCUT2D eigenvalue weighted by molar-refractivity contribution is 0.0956. The van der Waals surface area contributed by atoms with Crippen molar-refractivity contribution in [1.82, 2.24) is 29.8 Å². The zero-order chi connectivity index (χ0) is 97.9. The van der Waals surface area contributed by atoms with Gasteiger partial charge in [-0.2, -0.15) is 23.7 Å². The number of phenolic OH excluding ortho intramolecular Hbond substituents is 1. The van der Waals surface area contributed by atoms with Gasteiger partial charge in [0.25, 0.3) is 27.8 Å². The summed E-state index contributed by atoms with van der Waals surface area (Å²) in [6.45, 7) is 35.5. The Bertz CT molecular complexity index is 6170. The topological polar surface area (TPSA) is 236 Å². The van der Waals surface area contributed by atoms with Crippen LogP contribution in [0.1, 0.15) is 326 Å². The van der Waals surface area contributed by atoms with Crippen LogP contribution in [0.4, 0.5) is 17.1 Å². The monoisotopic (exact) mass is 1870 g/mol. The maximum absolute atomic E-state index is 13.4.